The highest BCUT2D eigenvalue weighted by Crippen LogP contribution is 2.61. The van der Waals surface area contributed by atoms with Gasteiger partial charge in [-0.2, -0.15) is 0 Å². The van der Waals surface area contributed by atoms with E-state index >= 15 is 0 Å². The third-order valence-electron chi connectivity index (χ3n) is 5.97. The Morgan fingerprint density at radius 3 is 2.70 bits per heavy atom. The maximum Gasteiger partial charge on any atom is 0.202 e. The number of aromatic amines is 1. The standard InChI is InChI=1S/C21H16BrN3O2/c1-25-20(26)16-14-10-4-2-3-5-12(10)23-18(14)19-15(17(16)21(25)27)11-8-9(22)6-7-13(11)24-19/h2-8,15,19,23-24,26-27H,1H3. The van der Waals surface area contributed by atoms with Crippen molar-refractivity contribution >= 4 is 32.5 Å². The van der Waals surface area contributed by atoms with E-state index in [4.69, 9.17) is 0 Å². The number of H-pyrrole nitrogens is 1. The zero-order valence-electron chi connectivity index (χ0n) is 14.4. The van der Waals surface area contributed by atoms with Gasteiger partial charge in [-0.15, -0.1) is 0 Å². The third-order valence-corrected chi connectivity index (χ3v) is 6.46. The van der Waals surface area contributed by atoms with E-state index in [-0.39, 0.29) is 23.7 Å². The molecule has 3 heterocycles. The molecule has 0 saturated heterocycles. The van der Waals surface area contributed by atoms with Crippen LogP contribution < -0.4 is 5.32 Å². The lowest BCUT2D eigenvalue weighted by Crippen LogP contribution is -2.18. The maximum atomic E-state index is 10.9. The number of para-hydroxylation sites is 1. The van der Waals surface area contributed by atoms with Crippen LogP contribution >= 0.6 is 15.9 Å². The van der Waals surface area contributed by atoms with Gasteiger partial charge in [0.15, 0.2) is 5.88 Å². The van der Waals surface area contributed by atoms with E-state index in [1.54, 1.807) is 7.05 Å². The minimum Gasteiger partial charge on any atom is -0.494 e. The third kappa shape index (κ3) is 1.74. The topological polar surface area (TPSA) is 73.2 Å². The fourth-order valence-corrected chi connectivity index (χ4v) is 5.18. The number of nitrogens with one attached hydrogen (secondary N) is 2. The van der Waals surface area contributed by atoms with Gasteiger partial charge >= 0.3 is 0 Å². The first-order chi connectivity index (χ1) is 13.1. The molecule has 27 heavy (non-hydrogen) atoms. The van der Waals surface area contributed by atoms with Crippen LogP contribution in [0.3, 0.4) is 0 Å². The number of aromatic nitrogens is 2. The molecule has 0 spiro atoms. The van der Waals surface area contributed by atoms with Crippen molar-refractivity contribution in [1.29, 1.82) is 0 Å². The number of hydrogen-bond acceptors (Lipinski definition) is 3. The monoisotopic (exact) mass is 421 g/mol. The number of fused-ring (bicyclic) bond motifs is 10. The first-order valence-corrected chi connectivity index (χ1v) is 9.63. The lowest BCUT2D eigenvalue weighted by Gasteiger charge is -2.27. The molecule has 4 aromatic rings. The van der Waals surface area contributed by atoms with Crippen molar-refractivity contribution in [1.82, 2.24) is 9.55 Å². The van der Waals surface area contributed by atoms with Gasteiger partial charge in [0.25, 0.3) is 0 Å². The van der Waals surface area contributed by atoms with E-state index in [0.717, 1.165) is 49.0 Å². The molecule has 5 nitrogen and oxygen atoms in total. The van der Waals surface area contributed by atoms with E-state index in [1.807, 2.05) is 24.3 Å². The van der Waals surface area contributed by atoms with Crippen LogP contribution in [0.25, 0.3) is 22.0 Å². The number of nitrogens with zero attached hydrogens (tertiary/aromatic N) is 1. The molecule has 6 rings (SSSR count). The van der Waals surface area contributed by atoms with E-state index in [9.17, 15) is 10.2 Å². The average Bonchev–Trinajstić information content (AvgIpc) is 3.29. The van der Waals surface area contributed by atoms with Crippen LogP contribution in [0.1, 0.15) is 28.8 Å². The molecule has 2 aromatic heterocycles. The fourth-order valence-electron chi connectivity index (χ4n) is 4.80. The summed E-state index contributed by atoms with van der Waals surface area (Å²) in [6.07, 6.45) is 0. The summed E-state index contributed by atoms with van der Waals surface area (Å²) in [5.74, 6) is 0.124. The molecule has 0 fully saturated rings. The molecule has 2 unspecified atom stereocenters. The lowest BCUT2D eigenvalue weighted by atomic mass is 9.78. The molecule has 1 aliphatic heterocycles. The van der Waals surface area contributed by atoms with Gasteiger partial charge in [-0.3, -0.25) is 4.57 Å². The van der Waals surface area contributed by atoms with Crippen LogP contribution in [0, 0.1) is 0 Å². The predicted molar refractivity (Wildman–Crippen MR) is 108 cm³/mol. The molecule has 0 amide bonds. The lowest BCUT2D eigenvalue weighted by molar-refractivity contribution is 0.384. The summed E-state index contributed by atoms with van der Waals surface area (Å²) in [7, 11) is 1.69. The Kier molecular flexibility index (Phi) is 2.76. The SMILES string of the molecule is Cn1c(O)c2c(c1O)C1c3cc(Br)ccc3NC1c1[nH]c3ccccc3c1-2. The van der Waals surface area contributed by atoms with Gasteiger partial charge in [0.2, 0.25) is 5.88 Å². The summed E-state index contributed by atoms with van der Waals surface area (Å²) in [6.45, 7) is 0. The number of anilines is 1. The smallest absolute Gasteiger partial charge is 0.202 e. The van der Waals surface area contributed by atoms with Crippen LogP contribution in [0.15, 0.2) is 46.9 Å². The zero-order chi connectivity index (χ0) is 18.4. The first kappa shape index (κ1) is 15.2. The number of aromatic hydroxyl groups is 2. The van der Waals surface area contributed by atoms with Crippen LogP contribution in [-0.2, 0) is 7.05 Å². The number of rotatable bonds is 0. The molecule has 1 aliphatic carbocycles. The molecular weight excluding hydrogens is 406 g/mol. The van der Waals surface area contributed by atoms with Crippen molar-refractivity contribution < 1.29 is 10.2 Å². The van der Waals surface area contributed by atoms with E-state index in [0.29, 0.717) is 0 Å². The number of hydrogen-bond donors (Lipinski definition) is 4. The van der Waals surface area contributed by atoms with E-state index < -0.39 is 0 Å². The Hall–Kier alpha value is -2.86. The van der Waals surface area contributed by atoms with Crippen molar-refractivity contribution in [2.45, 2.75) is 12.0 Å². The summed E-state index contributed by atoms with van der Waals surface area (Å²) in [5, 5.41) is 26.4. The van der Waals surface area contributed by atoms with Gasteiger partial charge in [0, 0.05) is 50.8 Å². The molecule has 4 N–H and O–H groups in total. The van der Waals surface area contributed by atoms with Gasteiger partial charge in [0.05, 0.1) is 11.6 Å². The minimum atomic E-state index is -0.0832. The van der Waals surface area contributed by atoms with Crippen molar-refractivity contribution in [3.05, 3.63) is 63.8 Å². The van der Waals surface area contributed by atoms with Crippen LogP contribution in [-0.4, -0.2) is 19.8 Å². The summed E-state index contributed by atoms with van der Waals surface area (Å²) in [5.41, 5.74) is 6.70. The largest absolute Gasteiger partial charge is 0.494 e. The highest BCUT2D eigenvalue weighted by Gasteiger charge is 2.46. The van der Waals surface area contributed by atoms with Crippen molar-refractivity contribution in [2.24, 2.45) is 7.05 Å². The van der Waals surface area contributed by atoms with Crippen molar-refractivity contribution in [2.75, 3.05) is 5.32 Å². The average molecular weight is 422 g/mol. The first-order valence-electron chi connectivity index (χ1n) is 8.83. The predicted octanol–water partition coefficient (Wildman–Crippen LogP) is 4.96. The minimum absolute atomic E-state index is 0.0306. The van der Waals surface area contributed by atoms with Crippen molar-refractivity contribution in [3.8, 4) is 22.9 Å². The molecule has 6 heteroatoms. The highest BCUT2D eigenvalue weighted by molar-refractivity contribution is 9.10. The quantitative estimate of drug-likeness (QED) is 0.324. The molecule has 0 saturated carbocycles. The highest BCUT2D eigenvalue weighted by atomic mass is 79.9. The number of halogens is 1. The van der Waals surface area contributed by atoms with E-state index in [1.165, 1.54) is 4.57 Å². The van der Waals surface area contributed by atoms with Gasteiger partial charge in [0.1, 0.15) is 0 Å². The normalized spacial score (nSPS) is 19.3. The Balaban J connectivity index is 1.77. The second kappa shape index (κ2) is 4.89. The summed E-state index contributed by atoms with van der Waals surface area (Å²) < 4.78 is 2.46. The molecule has 2 aromatic carbocycles. The molecule has 2 atom stereocenters. The van der Waals surface area contributed by atoms with Crippen LogP contribution in [0.4, 0.5) is 5.69 Å². The zero-order valence-corrected chi connectivity index (χ0v) is 16.0. The molecule has 0 radical (unpaired) electrons. The molecular formula is C21H16BrN3O2. The molecule has 2 aliphatic rings. The molecule has 134 valence electrons. The van der Waals surface area contributed by atoms with Gasteiger partial charge < -0.3 is 20.5 Å². The molecule has 0 bridgehead atoms. The van der Waals surface area contributed by atoms with Crippen LogP contribution in [0.2, 0.25) is 0 Å². The summed E-state index contributed by atoms with van der Waals surface area (Å²) in [6, 6.07) is 14.2. The van der Waals surface area contributed by atoms with Gasteiger partial charge in [-0.1, -0.05) is 34.1 Å². The Bertz CT molecular complexity index is 1270. The number of benzene rings is 2. The van der Waals surface area contributed by atoms with E-state index in [2.05, 4.69) is 44.4 Å². The summed E-state index contributed by atoms with van der Waals surface area (Å²) in [4.78, 5) is 3.56. The van der Waals surface area contributed by atoms with Crippen LogP contribution in [0.5, 0.6) is 11.8 Å². The Labute approximate surface area is 163 Å². The maximum absolute atomic E-state index is 10.9. The van der Waals surface area contributed by atoms with Gasteiger partial charge in [-0.05, 0) is 29.8 Å². The fraction of sp³-hybridized carbons (Fsp3) is 0.143. The Morgan fingerprint density at radius 2 is 1.85 bits per heavy atom. The van der Waals surface area contributed by atoms with Gasteiger partial charge in [-0.25, -0.2) is 0 Å². The second-order valence-corrected chi connectivity index (χ2v) is 8.20. The second-order valence-electron chi connectivity index (χ2n) is 7.29. The summed E-state index contributed by atoms with van der Waals surface area (Å²) >= 11 is 3.57. The Morgan fingerprint density at radius 1 is 1.04 bits per heavy atom. The van der Waals surface area contributed by atoms with Crippen molar-refractivity contribution in [3.63, 3.8) is 0 Å².